The largest absolute Gasteiger partial charge is 0.461 e. The first kappa shape index (κ1) is 63.3. The summed E-state index contributed by atoms with van der Waals surface area (Å²) in [6.45, 7) is 6.43. The Morgan fingerprint density at radius 3 is 1.33 bits per heavy atom. The Morgan fingerprint density at radius 1 is 0.470 bits per heavy atom. The van der Waals surface area contributed by atoms with Crippen molar-refractivity contribution in [1.82, 2.24) is 5.32 Å². The SMILES string of the molecule is CCCCC/C=C\C/C=C\C/C=C\C/C=C\CC(CC(=O)NC(CO)C(O)CCCCCCCCCCCCCCCCCC)OC(=O)CCCCC/C=C/C=C/CCCCCCCCC. The number of unbranched alkanes of at least 4 members (excludes halogenated alkanes) is 28. The zero-order valence-corrected chi connectivity index (χ0v) is 43.6. The van der Waals surface area contributed by atoms with Gasteiger partial charge in [-0.25, -0.2) is 0 Å². The van der Waals surface area contributed by atoms with Crippen molar-refractivity contribution in [3.63, 3.8) is 0 Å². The summed E-state index contributed by atoms with van der Waals surface area (Å²) in [7, 11) is 0. The lowest BCUT2D eigenvalue weighted by molar-refractivity contribution is -0.150. The van der Waals surface area contributed by atoms with Gasteiger partial charge in [-0.15, -0.1) is 0 Å². The minimum absolute atomic E-state index is 0.0106. The molecule has 0 radical (unpaired) electrons. The summed E-state index contributed by atoms with van der Waals surface area (Å²) in [6.07, 6.45) is 68.4. The van der Waals surface area contributed by atoms with Gasteiger partial charge in [-0.1, -0.05) is 254 Å². The fourth-order valence-corrected chi connectivity index (χ4v) is 8.22. The number of rotatable bonds is 50. The van der Waals surface area contributed by atoms with Crippen LogP contribution >= 0.6 is 0 Å². The van der Waals surface area contributed by atoms with Crippen LogP contribution in [0.1, 0.15) is 271 Å². The monoisotopic (exact) mass is 922 g/mol. The molecule has 0 saturated carbocycles. The number of carbonyl (C=O) groups excluding carboxylic acids is 2. The molecule has 0 aromatic rings. The van der Waals surface area contributed by atoms with Crippen molar-refractivity contribution in [2.24, 2.45) is 0 Å². The highest BCUT2D eigenvalue weighted by molar-refractivity contribution is 5.77. The Hall–Kier alpha value is -2.70. The number of amides is 1. The highest BCUT2D eigenvalue weighted by Crippen LogP contribution is 2.17. The number of allylic oxidation sites excluding steroid dienone is 11. The second-order valence-electron chi connectivity index (χ2n) is 19.0. The molecule has 0 saturated heterocycles. The second kappa shape index (κ2) is 53.3. The highest BCUT2D eigenvalue weighted by atomic mass is 16.5. The van der Waals surface area contributed by atoms with Gasteiger partial charge in [0.2, 0.25) is 5.91 Å². The predicted molar refractivity (Wildman–Crippen MR) is 287 cm³/mol. The number of hydrogen-bond acceptors (Lipinski definition) is 5. The average Bonchev–Trinajstić information content (AvgIpc) is 3.31. The molecule has 0 aliphatic carbocycles. The number of ether oxygens (including phenoxy) is 1. The summed E-state index contributed by atoms with van der Waals surface area (Å²) in [5, 5.41) is 23.8. The van der Waals surface area contributed by atoms with Gasteiger partial charge >= 0.3 is 5.97 Å². The summed E-state index contributed by atoms with van der Waals surface area (Å²) >= 11 is 0. The van der Waals surface area contributed by atoms with Crippen LogP contribution in [0.25, 0.3) is 0 Å². The van der Waals surface area contributed by atoms with Gasteiger partial charge in [0.15, 0.2) is 0 Å². The standard InChI is InChI=1S/C60H107NO5/c1-4-7-10-13-16-19-22-25-28-31-34-37-40-43-46-49-52-58(63)57(55-62)61-59(64)54-56(51-48-45-42-39-36-33-30-27-24-21-18-15-12-9-6-3)66-60(65)53-50-47-44-41-38-35-32-29-26-23-20-17-14-11-8-5-2/h18,21,27,29-30,32,35-36,38-39,45,48,56-58,62-63H,4-17,19-20,22-26,28,31,33-34,37,40-44,46-47,49-55H2,1-3H3,(H,61,64)/b21-18-,30-27-,32-29+,38-35+,39-36-,48-45-. The van der Waals surface area contributed by atoms with E-state index in [1.165, 1.54) is 154 Å². The minimum Gasteiger partial charge on any atom is -0.461 e. The molecule has 3 N–H and O–H groups in total. The number of esters is 1. The van der Waals surface area contributed by atoms with Crippen LogP contribution in [-0.2, 0) is 14.3 Å². The molecule has 0 aromatic heterocycles. The average molecular weight is 923 g/mol. The van der Waals surface area contributed by atoms with Crippen LogP contribution in [0.15, 0.2) is 72.9 Å². The first-order valence-corrected chi connectivity index (χ1v) is 28.2. The minimum atomic E-state index is -0.819. The number of nitrogens with one attached hydrogen (secondary N) is 1. The number of aliphatic hydroxyl groups excluding tert-OH is 2. The van der Waals surface area contributed by atoms with E-state index in [1.807, 2.05) is 6.08 Å². The zero-order valence-electron chi connectivity index (χ0n) is 43.6. The van der Waals surface area contributed by atoms with Crippen LogP contribution in [0.4, 0.5) is 0 Å². The van der Waals surface area contributed by atoms with E-state index >= 15 is 0 Å². The molecule has 0 bridgehead atoms. The Morgan fingerprint density at radius 2 is 0.848 bits per heavy atom. The number of hydrogen-bond donors (Lipinski definition) is 3. The van der Waals surface area contributed by atoms with Gasteiger partial charge in [0, 0.05) is 12.8 Å². The predicted octanol–water partition coefficient (Wildman–Crippen LogP) is 17.3. The molecule has 3 unspecified atom stereocenters. The van der Waals surface area contributed by atoms with Gasteiger partial charge in [-0.2, -0.15) is 0 Å². The van der Waals surface area contributed by atoms with E-state index in [4.69, 9.17) is 4.74 Å². The summed E-state index contributed by atoms with van der Waals surface area (Å²) in [5.74, 6) is -0.605. The van der Waals surface area contributed by atoms with E-state index in [2.05, 4.69) is 92.9 Å². The normalized spacial score (nSPS) is 13.7. The Balaban J connectivity index is 4.70. The molecule has 0 aliphatic rings. The van der Waals surface area contributed by atoms with Crippen molar-refractivity contribution in [2.45, 2.75) is 289 Å². The smallest absolute Gasteiger partial charge is 0.306 e. The fourth-order valence-electron chi connectivity index (χ4n) is 8.22. The van der Waals surface area contributed by atoms with E-state index in [-0.39, 0.29) is 24.9 Å². The molecule has 6 nitrogen and oxygen atoms in total. The Labute approximate surface area is 409 Å². The Bertz CT molecular complexity index is 1220. The van der Waals surface area contributed by atoms with Crippen molar-refractivity contribution in [3.8, 4) is 0 Å². The van der Waals surface area contributed by atoms with E-state index < -0.39 is 18.2 Å². The third-order valence-corrected chi connectivity index (χ3v) is 12.5. The first-order chi connectivity index (χ1) is 32.5. The maximum absolute atomic E-state index is 13.2. The van der Waals surface area contributed by atoms with E-state index in [0.717, 1.165) is 70.6 Å². The van der Waals surface area contributed by atoms with Crippen LogP contribution in [-0.4, -0.2) is 46.9 Å². The maximum atomic E-state index is 13.2. The van der Waals surface area contributed by atoms with Crippen molar-refractivity contribution in [1.29, 1.82) is 0 Å². The van der Waals surface area contributed by atoms with Crippen molar-refractivity contribution in [3.05, 3.63) is 72.9 Å². The molecule has 1 amide bonds. The lowest BCUT2D eigenvalue weighted by atomic mass is 10.0. The van der Waals surface area contributed by atoms with Crippen LogP contribution in [0.2, 0.25) is 0 Å². The van der Waals surface area contributed by atoms with Gasteiger partial charge in [0.25, 0.3) is 0 Å². The molecule has 382 valence electrons. The molecule has 6 heteroatoms. The van der Waals surface area contributed by atoms with Crippen LogP contribution in [0, 0.1) is 0 Å². The maximum Gasteiger partial charge on any atom is 0.306 e. The molecule has 0 heterocycles. The quantitative estimate of drug-likeness (QED) is 0.0244. The van der Waals surface area contributed by atoms with Crippen molar-refractivity contribution < 1.29 is 24.5 Å². The van der Waals surface area contributed by atoms with Gasteiger partial charge < -0.3 is 20.3 Å². The van der Waals surface area contributed by atoms with E-state index in [1.54, 1.807) is 0 Å². The van der Waals surface area contributed by atoms with Crippen LogP contribution < -0.4 is 5.32 Å². The molecule has 0 rings (SSSR count). The summed E-state index contributed by atoms with van der Waals surface area (Å²) in [6, 6.07) is -0.739. The lowest BCUT2D eigenvalue weighted by Gasteiger charge is -2.24. The molecule has 0 aromatic carbocycles. The van der Waals surface area contributed by atoms with E-state index in [9.17, 15) is 19.8 Å². The second-order valence-corrected chi connectivity index (χ2v) is 19.0. The molecular formula is C60H107NO5. The number of carbonyl (C=O) groups is 2. The van der Waals surface area contributed by atoms with Gasteiger partial charge in [0.05, 0.1) is 25.2 Å². The third kappa shape index (κ3) is 47.8. The van der Waals surface area contributed by atoms with E-state index in [0.29, 0.717) is 19.3 Å². The fraction of sp³-hybridized carbons (Fsp3) is 0.767. The number of aliphatic hydroxyl groups is 2. The molecule has 0 fully saturated rings. The first-order valence-electron chi connectivity index (χ1n) is 28.2. The van der Waals surface area contributed by atoms with Gasteiger partial charge in [0.1, 0.15) is 6.10 Å². The van der Waals surface area contributed by atoms with Crippen LogP contribution in [0.3, 0.4) is 0 Å². The van der Waals surface area contributed by atoms with Gasteiger partial charge in [-0.05, 0) is 70.6 Å². The lowest BCUT2D eigenvalue weighted by Crippen LogP contribution is -2.46. The topological polar surface area (TPSA) is 95.9 Å². The third-order valence-electron chi connectivity index (χ3n) is 12.5. The molecular weight excluding hydrogens is 815 g/mol. The van der Waals surface area contributed by atoms with Crippen LogP contribution in [0.5, 0.6) is 0 Å². The summed E-state index contributed by atoms with van der Waals surface area (Å²) < 4.78 is 5.87. The summed E-state index contributed by atoms with van der Waals surface area (Å²) in [4.78, 5) is 26.2. The summed E-state index contributed by atoms with van der Waals surface area (Å²) in [5.41, 5.74) is 0. The van der Waals surface area contributed by atoms with Gasteiger partial charge in [-0.3, -0.25) is 9.59 Å². The molecule has 3 atom stereocenters. The molecule has 0 spiro atoms. The highest BCUT2D eigenvalue weighted by Gasteiger charge is 2.23. The molecule has 66 heavy (non-hydrogen) atoms. The van der Waals surface area contributed by atoms with Crippen molar-refractivity contribution in [2.75, 3.05) is 6.61 Å². The zero-order chi connectivity index (χ0) is 48.1. The Kier molecular flexibility index (Phi) is 51.1. The molecule has 0 aliphatic heterocycles. The van der Waals surface area contributed by atoms with Crippen molar-refractivity contribution >= 4 is 11.9 Å².